The minimum absolute atomic E-state index is 0.0184. The average molecular weight is 308 g/mol. The first kappa shape index (κ1) is 15.1. The number of hydrogen-bond acceptors (Lipinski definition) is 4. The van der Waals surface area contributed by atoms with Gasteiger partial charge in [-0.1, -0.05) is 23.7 Å². The Morgan fingerprint density at radius 1 is 1.29 bits per heavy atom. The minimum atomic E-state index is -0.521. The maximum absolute atomic E-state index is 12.0. The van der Waals surface area contributed by atoms with Gasteiger partial charge in [0.1, 0.15) is 0 Å². The number of carbonyl (C=O) groups is 2. The Labute approximate surface area is 126 Å². The van der Waals surface area contributed by atoms with Gasteiger partial charge < -0.3 is 14.5 Å². The molecule has 21 heavy (non-hydrogen) atoms. The summed E-state index contributed by atoms with van der Waals surface area (Å²) < 4.78 is 9.69. The quantitative estimate of drug-likeness (QED) is 0.862. The van der Waals surface area contributed by atoms with E-state index in [4.69, 9.17) is 16.0 Å². The monoisotopic (exact) mass is 307 g/mol. The highest BCUT2D eigenvalue weighted by Crippen LogP contribution is 2.20. The summed E-state index contributed by atoms with van der Waals surface area (Å²) in [5.41, 5.74) is 0.754. The second kappa shape index (κ2) is 6.95. The van der Waals surface area contributed by atoms with Crippen LogP contribution in [0.3, 0.4) is 0 Å². The zero-order chi connectivity index (χ0) is 15.2. The molecule has 0 saturated heterocycles. The zero-order valence-corrected chi connectivity index (χ0v) is 12.1. The first-order chi connectivity index (χ1) is 10.1. The number of hydrogen-bond donors (Lipinski definition) is 1. The van der Waals surface area contributed by atoms with Crippen molar-refractivity contribution in [1.82, 2.24) is 5.32 Å². The highest BCUT2D eigenvalue weighted by atomic mass is 35.5. The molecule has 1 N–H and O–H groups in total. The predicted octanol–water partition coefficient (Wildman–Crippen LogP) is 2.97. The molecule has 0 aliphatic heterocycles. The normalized spacial score (nSPS) is 11.7. The molecular weight excluding hydrogens is 294 g/mol. The third kappa shape index (κ3) is 4.10. The number of nitrogens with one attached hydrogen (secondary N) is 1. The molecule has 0 spiro atoms. The SMILES string of the molecule is COC(=O)CC(NC(=O)c1ccco1)c1ccc(Cl)cc1. The molecule has 2 aromatic rings. The van der Waals surface area contributed by atoms with Gasteiger partial charge in [0.2, 0.25) is 0 Å². The highest BCUT2D eigenvalue weighted by molar-refractivity contribution is 6.30. The number of amides is 1. The number of esters is 1. The summed E-state index contributed by atoms with van der Waals surface area (Å²) >= 11 is 5.84. The number of rotatable bonds is 5. The van der Waals surface area contributed by atoms with Crippen LogP contribution >= 0.6 is 11.6 Å². The van der Waals surface area contributed by atoms with Gasteiger partial charge in [0.05, 0.1) is 25.8 Å². The van der Waals surface area contributed by atoms with Gasteiger partial charge in [0.25, 0.3) is 5.91 Å². The lowest BCUT2D eigenvalue weighted by atomic mass is 10.0. The summed E-state index contributed by atoms with van der Waals surface area (Å²) in [7, 11) is 1.30. The number of ether oxygens (including phenoxy) is 1. The van der Waals surface area contributed by atoms with E-state index in [2.05, 4.69) is 10.1 Å². The van der Waals surface area contributed by atoms with Crippen molar-refractivity contribution in [3.63, 3.8) is 0 Å². The topological polar surface area (TPSA) is 68.5 Å². The Bertz CT molecular complexity index is 607. The largest absolute Gasteiger partial charge is 0.469 e. The molecule has 0 aliphatic carbocycles. The fourth-order valence-corrected chi connectivity index (χ4v) is 1.96. The van der Waals surface area contributed by atoms with Crippen molar-refractivity contribution < 1.29 is 18.7 Å². The second-order valence-electron chi connectivity index (χ2n) is 4.34. The number of halogens is 1. The molecule has 6 heteroatoms. The van der Waals surface area contributed by atoms with Gasteiger partial charge in [-0.15, -0.1) is 0 Å². The number of furan rings is 1. The summed E-state index contributed by atoms with van der Waals surface area (Å²) in [5.74, 6) is -0.641. The van der Waals surface area contributed by atoms with Crippen LogP contribution in [0.15, 0.2) is 47.1 Å². The van der Waals surface area contributed by atoms with E-state index in [9.17, 15) is 9.59 Å². The fraction of sp³-hybridized carbons (Fsp3) is 0.200. The fourth-order valence-electron chi connectivity index (χ4n) is 1.83. The minimum Gasteiger partial charge on any atom is -0.469 e. The summed E-state index contributed by atoms with van der Waals surface area (Å²) in [4.78, 5) is 23.6. The maximum Gasteiger partial charge on any atom is 0.307 e. The van der Waals surface area contributed by atoms with Crippen molar-refractivity contribution in [3.05, 3.63) is 59.0 Å². The van der Waals surface area contributed by atoms with Crippen molar-refractivity contribution in [1.29, 1.82) is 0 Å². The van der Waals surface area contributed by atoms with Crippen molar-refractivity contribution in [2.24, 2.45) is 0 Å². The summed E-state index contributed by atoms with van der Waals surface area (Å²) in [6, 6.07) is 9.53. The second-order valence-corrected chi connectivity index (χ2v) is 4.77. The van der Waals surface area contributed by atoms with E-state index in [1.165, 1.54) is 13.4 Å². The Kier molecular flexibility index (Phi) is 5.00. The van der Waals surface area contributed by atoms with Crippen LogP contribution in [0.2, 0.25) is 5.02 Å². The lowest BCUT2D eigenvalue weighted by Gasteiger charge is -2.17. The molecule has 110 valence electrons. The van der Waals surface area contributed by atoms with Gasteiger partial charge in [0, 0.05) is 5.02 Å². The van der Waals surface area contributed by atoms with Gasteiger partial charge >= 0.3 is 5.97 Å². The molecule has 0 fully saturated rings. The summed E-state index contributed by atoms with van der Waals surface area (Å²) in [6.45, 7) is 0. The molecule has 5 nitrogen and oxygen atoms in total. The van der Waals surface area contributed by atoms with E-state index in [0.29, 0.717) is 5.02 Å². The number of carbonyl (C=O) groups excluding carboxylic acids is 2. The van der Waals surface area contributed by atoms with E-state index in [0.717, 1.165) is 5.56 Å². The Hall–Kier alpha value is -2.27. The van der Waals surface area contributed by atoms with Crippen LogP contribution in [0.5, 0.6) is 0 Å². The first-order valence-electron chi connectivity index (χ1n) is 6.27. The third-order valence-electron chi connectivity index (χ3n) is 2.92. The van der Waals surface area contributed by atoms with Gasteiger partial charge in [-0.05, 0) is 29.8 Å². The van der Waals surface area contributed by atoms with Crippen LogP contribution in [0.1, 0.15) is 28.6 Å². The molecule has 1 aromatic heterocycles. The van der Waals surface area contributed by atoms with Gasteiger partial charge in [-0.3, -0.25) is 9.59 Å². The zero-order valence-electron chi connectivity index (χ0n) is 11.3. The molecule has 0 saturated carbocycles. The smallest absolute Gasteiger partial charge is 0.307 e. The number of benzene rings is 1. The van der Waals surface area contributed by atoms with Crippen LogP contribution in [0.25, 0.3) is 0 Å². The van der Waals surface area contributed by atoms with Crippen LogP contribution in [-0.2, 0) is 9.53 Å². The van der Waals surface area contributed by atoms with Crippen molar-refractivity contribution in [2.75, 3.05) is 7.11 Å². The Morgan fingerprint density at radius 3 is 2.57 bits per heavy atom. The first-order valence-corrected chi connectivity index (χ1v) is 6.64. The molecule has 1 atom stereocenters. The van der Waals surface area contributed by atoms with E-state index in [-0.39, 0.29) is 12.2 Å². The molecule has 0 aliphatic rings. The molecule has 0 bridgehead atoms. The van der Waals surface area contributed by atoms with Gasteiger partial charge in [-0.2, -0.15) is 0 Å². The molecule has 0 radical (unpaired) electrons. The summed E-state index contributed by atoms with van der Waals surface area (Å²) in [6.07, 6.45) is 1.43. The Balaban J connectivity index is 2.17. The van der Waals surface area contributed by atoms with Crippen LogP contribution in [0.4, 0.5) is 0 Å². The van der Waals surface area contributed by atoms with Gasteiger partial charge in [-0.25, -0.2) is 0 Å². The van der Waals surface area contributed by atoms with E-state index >= 15 is 0 Å². The van der Waals surface area contributed by atoms with Crippen molar-refractivity contribution >= 4 is 23.5 Å². The van der Waals surface area contributed by atoms with E-state index < -0.39 is 17.9 Å². The van der Waals surface area contributed by atoms with Crippen LogP contribution in [0, 0.1) is 0 Å². The number of methoxy groups -OCH3 is 1. The van der Waals surface area contributed by atoms with Crippen molar-refractivity contribution in [2.45, 2.75) is 12.5 Å². The molecule has 1 amide bonds. The molecule has 2 rings (SSSR count). The van der Waals surface area contributed by atoms with Crippen LogP contribution < -0.4 is 5.32 Å². The third-order valence-corrected chi connectivity index (χ3v) is 3.17. The van der Waals surface area contributed by atoms with E-state index in [1.807, 2.05) is 0 Å². The highest BCUT2D eigenvalue weighted by Gasteiger charge is 2.20. The standard InChI is InChI=1S/C15H14ClNO4/c1-20-14(18)9-12(10-4-6-11(16)7-5-10)17-15(19)13-3-2-8-21-13/h2-8,12H,9H2,1H3,(H,17,19). The molecular formula is C15H14ClNO4. The lowest BCUT2D eigenvalue weighted by molar-refractivity contribution is -0.141. The Morgan fingerprint density at radius 2 is 2.00 bits per heavy atom. The molecule has 1 heterocycles. The van der Waals surface area contributed by atoms with E-state index in [1.54, 1.807) is 36.4 Å². The molecule has 1 aromatic carbocycles. The maximum atomic E-state index is 12.0. The molecule has 1 unspecified atom stereocenters. The predicted molar refractivity (Wildman–Crippen MR) is 77.0 cm³/mol. The average Bonchev–Trinajstić information content (AvgIpc) is 3.01. The van der Waals surface area contributed by atoms with Crippen molar-refractivity contribution in [3.8, 4) is 0 Å². The summed E-state index contributed by atoms with van der Waals surface area (Å²) in [5, 5.41) is 3.32. The van der Waals surface area contributed by atoms with Gasteiger partial charge in [0.15, 0.2) is 5.76 Å². The lowest BCUT2D eigenvalue weighted by Crippen LogP contribution is -2.30. The van der Waals surface area contributed by atoms with Crippen LogP contribution in [-0.4, -0.2) is 19.0 Å².